The summed E-state index contributed by atoms with van der Waals surface area (Å²) < 4.78 is 13.0. The molecule has 0 bridgehead atoms. The van der Waals surface area contributed by atoms with Gasteiger partial charge in [0.1, 0.15) is 25.4 Å². The molecule has 142 valence electrons. The standard InChI is InChI=1S/C19H17N5O4/c25-18(20-9-15-10-27-16-6-1-2-7-17(16)28-15)19(26)23-13-4-3-5-14(8-13)24-11-21-22-12-24/h1-8,11-12,15H,9-10H2,(H,20,25)(H,23,26)/t15-/m0/s1. The second-order valence-corrected chi connectivity index (χ2v) is 6.08. The molecule has 4 rings (SSSR count). The summed E-state index contributed by atoms with van der Waals surface area (Å²) in [5.74, 6) is -0.241. The SMILES string of the molecule is O=C(NC[C@H]1COc2ccccc2O1)C(=O)Nc1cccc(-n2cnnc2)c1. The van der Waals surface area contributed by atoms with Crippen molar-refractivity contribution in [2.45, 2.75) is 6.10 Å². The Bertz CT molecular complexity index is 990. The Labute approximate surface area is 160 Å². The molecule has 9 heteroatoms. The zero-order valence-electron chi connectivity index (χ0n) is 14.7. The van der Waals surface area contributed by atoms with E-state index in [-0.39, 0.29) is 12.6 Å². The molecular formula is C19H17N5O4. The van der Waals surface area contributed by atoms with Gasteiger partial charge in [-0.3, -0.25) is 14.2 Å². The zero-order chi connectivity index (χ0) is 19.3. The van der Waals surface area contributed by atoms with Crippen molar-refractivity contribution >= 4 is 17.5 Å². The summed E-state index contributed by atoms with van der Waals surface area (Å²) in [4.78, 5) is 24.3. The molecule has 0 fully saturated rings. The van der Waals surface area contributed by atoms with Crippen LogP contribution in [-0.4, -0.2) is 45.8 Å². The van der Waals surface area contributed by atoms with Crippen molar-refractivity contribution in [3.8, 4) is 17.2 Å². The molecule has 0 saturated heterocycles. The van der Waals surface area contributed by atoms with E-state index in [0.717, 1.165) is 5.69 Å². The zero-order valence-corrected chi connectivity index (χ0v) is 14.7. The number of nitrogens with one attached hydrogen (secondary N) is 2. The summed E-state index contributed by atoms with van der Waals surface area (Å²) in [5, 5.41) is 12.6. The van der Waals surface area contributed by atoms with Gasteiger partial charge >= 0.3 is 11.8 Å². The number of benzene rings is 2. The maximum atomic E-state index is 12.2. The summed E-state index contributed by atoms with van der Waals surface area (Å²) in [5.41, 5.74) is 1.24. The van der Waals surface area contributed by atoms with Crippen molar-refractivity contribution in [3.63, 3.8) is 0 Å². The highest BCUT2D eigenvalue weighted by molar-refractivity contribution is 6.39. The second-order valence-electron chi connectivity index (χ2n) is 6.08. The number of aromatic nitrogens is 3. The first-order chi connectivity index (χ1) is 13.7. The van der Waals surface area contributed by atoms with Crippen molar-refractivity contribution in [2.75, 3.05) is 18.5 Å². The first-order valence-electron chi connectivity index (χ1n) is 8.62. The molecule has 9 nitrogen and oxygen atoms in total. The Kier molecular flexibility index (Phi) is 4.87. The quantitative estimate of drug-likeness (QED) is 0.659. The molecule has 0 aliphatic carbocycles. The molecule has 2 amide bonds. The highest BCUT2D eigenvalue weighted by Gasteiger charge is 2.22. The molecule has 0 radical (unpaired) electrons. The smallest absolute Gasteiger partial charge is 0.313 e. The maximum absolute atomic E-state index is 12.2. The molecule has 28 heavy (non-hydrogen) atoms. The molecule has 0 saturated carbocycles. The van der Waals surface area contributed by atoms with Crippen molar-refractivity contribution in [1.82, 2.24) is 20.1 Å². The van der Waals surface area contributed by atoms with Crippen LogP contribution in [0.1, 0.15) is 0 Å². The van der Waals surface area contributed by atoms with E-state index in [4.69, 9.17) is 9.47 Å². The predicted molar refractivity (Wildman–Crippen MR) is 99.4 cm³/mol. The number of hydrogen-bond donors (Lipinski definition) is 2. The van der Waals surface area contributed by atoms with Crippen molar-refractivity contribution in [2.24, 2.45) is 0 Å². The fraction of sp³-hybridized carbons (Fsp3) is 0.158. The van der Waals surface area contributed by atoms with Crippen molar-refractivity contribution < 1.29 is 19.1 Å². The topological polar surface area (TPSA) is 107 Å². The third-order valence-electron chi connectivity index (χ3n) is 4.08. The number of ether oxygens (including phenoxy) is 2. The molecule has 0 unspecified atom stereocenters. The molecule has 1 aliphatic heterocycles. The second kappa shape index (κ2) is 7.78. The lowest BCUT2D eigenvalue weighted by atomic mass is 10.2. The lowest BCUT2D eigenvalue weighted by molar-refractivity contribution is -0.136. The van der Waals surface area contributed by atoms with Crippen LogP contribution in [0.2, 0.25) is 0 Å². The van der Waals surface area contributed by atoms with Crippen molar-refractivity contribution in [1.29, 1.82) is 0 Å². The van der Waals surface area contributed by atoms with E-state index >= 15 is 0 Å². The van der Waals surface area contributed by atoms with Crippen LogP contribution in [-0.2, 0) is 9.59 Å². The largest absolute Gasteiger partial charge is 0.486 e. The average molecular weight is 379 g/mol. The number of hydrogen-bond acceptors (Lipinski definition) is 6. The number of anilines is 1. The van der Waals surface area contributed by atoms with Crippen LogP contribution in [0.15, 0.2) is 61.2 Å². The monoisotopic (exact) mass is 379 g/mol. The van der Waals surface area contributed by atoms with Gasteiger partial charge in [0, 0.05) is 5.69 Å². The first kappa shape index (κ1) is 17.5. The number of carbonyl (C=O) groups is 2. The third-order valence-corrected chi connectivity index (χ3v) is 4.08. The minimum atomic E-state index is -0.766. The van der Waals surface area contributed by atoms with E-state index in [1.165, 1.54) is 12.7 Å². The number of fused-ring (bicyclic) bond motifs is 1. The lowest BCUT2D eigenvalue weighted by Gasteiger charge is -2.26. The predicted octanol–water partition coefficient (Wildman–Crippen LogP) is 1.16. The van der Waals surface area contributed by atoms with E-state index in [2.05, 4.69) is 20.8 Å². The van der Waals surface area contributed by atoms with E-state index in [1.807, 2.05) is 24.3 Å². The average Bonchev–Trinajstić information content (AvgIpc) is 3.27. The van der Waals surface area contributed by atoms with Crippen LogP contribution in [0, 0.1) is 0 Å². The Morgan fingerprint density at radius 1 is 1.04 bits per heavy atom. The molecule has 1 aromatic heterocycles. The minimum absolute atomic E-state index is 0.154. The highest BCUT2D eigenvalue weighted by atomic mass is 16.6. The molecule has 1 atom stereocenters. The van der Waals surface area contributed by atoms with Gasteiger partial charge in [0.25, 0.3) is 0 Å². The van der Waals surface area contributed by atoms with Gasteiger partial charge < -0.3 is 20.1 Å². The van der Waals surface area contributed by atoms with Gasteiger partial charge in [0.15, 0.2) is 11.5 Å². The lowest BCUT2D eigenvalue weighted by Crippen LogP contribution is -2.44. The normalized spacial score (nSPS) is 14.9. The summed E-state index contributed by atoms with van der Waals surface area (Å²) in [7, 11) is 0. The van der Waals surface area contributed by atoms with Gasteiger partial charge in [0.2, 0.25) is 0 Å². The maximum Gasteiger partial charge on any atom is 0.313 e. The first-order valence-corrected chi connectivity index (χ1v) is 8.62. The van der Waals surface area contributed by atoms with Gasteiger partial charge in [-0.25, -0.2) is 0 Å². The Balaban J connectivity index is 1.31. The number of nitrogens with zero attached hydrogens (tertiary/aromatic N) is 3. The summed E-state index contributed by atoms with van der Waals surface area (Å²) in [6.07, 6.45) is 2.71. The number of rotatable bonds is 4. The fourth-order valence-electron chi connectivity index (χ4n) is 2.72. The highest BCUT2D eigenvalue weighted by Crippen LogP contribution is 2.30. The number of amides is 2. The van der Waals surface area contributed by atoms with Crippen LogP contribution >= 0.6 is 0 Å². The fourth-order valence-corrected chi connectivity index (χ4v) is 2.72. The molecule has 1 aliphatic rings. The minimum Gasteiger partial charge on any atom is -0.486 e. The Morgan fingerprint density at radius 3 is 2.64 bits per heavy atom. The van der Waals surface area contributed by atoms with Crippen LogP contribution < -0.4 is 20.1 Å². The van der Waals surface area contributed by atoms with Gasteiger partial charge in [-0.1, -0.05) is 18.2 Å². The summed E-state index contributed by atoms with van der Waals surface area (Å²) >= 11 is 0. The van der Waals surface area contributed by atoms with Gasteiger partial charge in [-0.05, 0) is 30.3 Å². The van der Waals surface area contributed by atoms with Crippen LogP contribution in [0.4, 0.5) is 5.69 Å². The van der Waals surface area contributed by atoms with Crippen LogP contribution in [0.25, 0.3) is 5.69 Å². The van der Waals surface area contributed by atoms with E-state index < -0.39 is 11.8 Å². The molecule has 2 N–H and O–H groups in total. The van der Waals surface area contributed by atoms with Crippen molar-refractivity contribution in [3.05, 3.63) is 61.2 Å². The third kappa shape index (κ3) is 3.93. The Hall–Kier alpha value is -3.88. The molecule has 2 heterocycles. The van der Waals surface area contributed by atoms with Crippen LogP contribution in [0.3, 0.4) is 0 Å². The van der Waals surface area contributed by atoms with Gasteiger partial charge in [0.05, 0.1) is 12.2 Å². The van der Waals surface area contributed by atoms with E-state index in [9.17, 15) is 9.59 Å². The van der Waals surface area contributed by atoms with Gasteiger partial charge in [-0.15, -0.1) is 10.2 Å². The summed E-state index contributed by atoms with van der Waals surface area (Å²) in [6.45, 7) is 0.446. The molecular weight excluding hydrogens is 362 g/mol. The van der Waals surface area contributed by atoms with Crippen LogP contribution in [0.5, 0.6) is 11.5 Å². The number of carbonyl (C=O) groups excluding carboxylic acids is 2. The molecule has 2 aromatic carbocycles. The Morgan fingerprint density at radius 2 is 1.82 bits per heavy atom. The van der Waals surface area contributed by atoms with E-state index in [0.29, 0.717) is 23.8 Å². The van der Waals surface area contributed by atoms with Gasteiger partial charge in [-0.2, -0.15) is 0 Å². The number of para-hydroxylation sites is 2. The summed E-state index contributed by atoms with van der Waals surface area (Å²) in [6, 6.07) is 14.3. The molecule has 0 spiro atoms. The van der Waals surface area contributed by atoms with E-state index in [1.54, 1.807) is 28.8 Å². The molecule has 3 aromatic rings.